The van der Waals surface area contributed by atoms with Crippen LogP contribution < -0.4 is 5.32 Å². The topological polar surface area (TPSA) is 102 Å². The summed E-state index contributed by atoms with van der Waals surface area (Å²) in [5.41, 5.74) is 2.21. The number of fused-ring (bicyclic) bond motifs is 7. The number of carbonyl (C=O) groups is 3. The molecule has 8 heteroatoms. The summed E-state index contributed by atoms with van der Waals surface area (Å²) >= 11 is 6.15. The molecule has 4 fully saturated rings. The van der Waals surface area contributed by atoms with Crippen molar-refractivity contribution in [2.24, 2.45) is 56.2 Å². The first kappa shape index (κ1) is 40.4. The van der Waals surface area contributed by atoms with E-state index in [-0.39, 0.29) is 51.6 Å². The smallest absolute Gasteiger partial charge is 0.309 e. The molecule has 0 radical (unpaired) electrons. The van der Waals surface area contributed by atoms with Crippen molar-refractivity contribution in [2.75, 3.05) is 13.7 Å². The molecule has 5 aliphatic carbocycles. The van der Waals surface area contributed by atoms with Gasteiger partial charge in [0.15, 0.2) is 5.78 Å². The van der Waals surface area contributed by atoms with Crippen LogP contribution in [0.5, 0.6) is 0 Å². The number of hydrogen-bond donors (Lipinski definition) is 2. The highest BCUT2D eigenvalue weighted by atomic mass is 35.5. The number of nitrogens with one attached hydrogen (secondary N) is 1. The van der Waals surface area contributed by atoms with Crippen LogP contribution in [-0.2, 0) is 30.4 Å². The van der Waals surface area contributed by atoms with Crippen LogP contribution in [-0.4, -0.2) is 48.7 Å². The van der Waals surface area contributed by atoms with E-state index in [0.29, 0.717) is 43.0 Å². The molecule has 294 valence electrons. The SMILES string of the molecule is CO[C@H](CNCc1ccc(Cl)cc1)[C@@]12CC[C@]3(C)C(CC[C@@H]4C5(C)CC[C@H](OC(=O)CC(C)(C)C(=O)O)C(C)(C)[C@@H]5CC[C@]43C)C1=C(C(C)C)C(=O)C2. The summed E-state index contributed by atoms with van der Waals surface area (Å²) < 4.78 is 12.6. The summed E-state index contributed by atoms with van der Waals surface area (Å²) in [6, 6.07) is 7.97. The molecular weight excluding hydrogens is 686 g/mol. The highest BCUT2D eigenvalue weighted by Crippen LogP contribution is 2.77. The number of Topliss-reactive ketones (excluding diaryl/α,β-unsaturated/α-hetero) is 1. The summed E-state index contributed by atoms with van der Waals surface area (Å²) in [7, 11) is 1.83. The Morgan fingerprint density at radius 3 is 2.25 bits per heavy atom. The second kappa shape index (κ2) is 14.1. The van der Waals surface area contributed by atoms with Gasteiger partial charge in [0.2, 0.25) is 0 Å². The van der Waals surface area contributed by atoms with E-state index in [0.717, 1.165) is 62.0 Å². The van der Waals surface area contributed by atoms with Crippen molar-refractivity contribution in [1.82, 2.24) is 5.32 Å². The summed E-state index contributed by atoms with van der Waals surface area (Å²) in [4.78, 5) is 39.1. The largest absolute Gasteiger partial charge is 0.481 e. The first-order valence-electron chi connectivity index (χ1n) is 20.4. The molecule has 9 atom stereocenters. The maximum absolute atomic E-state index is 14.2. The van der Waals surface area contributed by atoms with Gasteiger partial charge in [-0.3, -0.25) is 14.4 Å². The lowest BCUT2D eigenvalue weighted by atomic mass is 9.33. The molecule has 4 saturated carbocycles. The van der Waals surface area contributed by atoms with Crippen LogP contribution in [0.15, 0.2) is 35.4 Å². The summed E-state index contributed by atoms with van der Waals surface area (Å²) in [5, 5.41) is 14.0. The fraction of sp³-hybridized carbons (Fsp3) is 0.756. The van der Waals surface area contributed by atoms with Crippen LogP contribution in [0.2, 0.25) is 5.02 Å². The molecule has 1 aromatic carbocycles. The minimum absolute atomic E-state index is 0.0401. The van der Waals surface area contributed by atoms with Crippen molar-refractivity contribution in [3.8, 4) is 0 Å². The Bertz CT molecular complexity index is 1630. The lowest BCUT2D eigenvalue weighted by Crippen LogP contribution is -2.66. The normalized spacial score (nSPS) is 37.0. The van der Waals surface area contributed by atoms with Crippen molar-refractivity contribution >= 4 is 29.3 Å². The quantitative estimate of drug-likeness (QED) is 0.217. The highest BCUT2D eigenvalue weighted by Gasteiger charge is 2.71. The van der Waals surface area contributed by atoms with Gasteiger partial charge in [0.1, 0.15) is 6.10 Å². The molecule has 53 heavy (non-hydrogen) atoms. The first-order valence-corrected chi connectivity index (χ1v) is 20.7. The maximum Gasteiger partial charge on any atom is 0.309 e. The van der Waals surface area contributed by atoms with Gasteiger partial charge in [0.25, 0.3) is 0 Å². The number of carbonyl (C=O) groups excluding carboxylic acids is 2. The van der Waals surface area contributed by atoms with Crippen molar-refractivity contribution in [1.29, 1.82) is 0 Å². The molecule has 2 unspecified atom stereocenters. The minimum atomic E-state index is -1.16. The van der Waals surface area contributed by atoms with Gasteiger partial charge in [-0.05, 0) is 128 Å². The van der Waals surface area contributed by atoms with Gasteiger partial charge in [-0.25, -0.2) is 0 Å². The third-order valence-corrected chi connectivity index (χ3v) is 16.6. The number of esters is 1. The van der Waals surface area contributed by atoms with Gasteiger partial charge >= 0.3 is 11.9 Å². The highest BCUT2D eigenvalue weighted by molar-refractivity contribution is 6.30. The predicted molar refractivity (Wildman–Crippen MR) is 209 cm³/mol. The van der Waals surface area contributed by atoms with Crippen molar-refractivity contribution in [2.45, 2.75) is 145 Å². The number of carboxylic acid groups (broad SMARTS) is 1. The molecule has 0 aromatic heterocycles. The summed E-state index contributed by atoms with van der Waals surface area (Å²) in [6.07, 6.45) is 8.30. The van der Waals surface area contributed by atoms with Crippen LogP contribution in [0.25, 0.3) is 0 Å². The van der Waals surface area contributed by atoms with Gasteiger partial charge in [0.05, 0.1) is 17.9 Å². The fourth-order valence-corrected chi connectivity index (χ4v) is 13.5. The van der Waals surface area contributed by atoms with Crippen LogP contribution in [0.3, 0.4) is 0 Å². The zero-order valence-electron chi connectivity index (χ0n) is 34.1. The lowest BCUT2D eigenvalue weighted by molar-refractivity contribution is -0.235. The number of allylic oxidation sites excluding steroid dienone is 1. The van der Waals surface area contributed by atoms with Gasteiger partial charge in [-0.15, -0.1) is 0 Å². The molecule has 0 spiro atoms. The fourth-order valence-electron chi connectivity index (χ4n) is 13.4. The van der Waals surface area contributed by atoms with Crippen LogP contribution in [0.1, 0.15) is 132 Å². The zero-order chi connectivity index (χ0) is 38.9. The Morgan fingerprint density at radius 1 is 0.943 bits per heavy atom. The van der Waals surface area contributed by atoms with Gasteiger partial charge < -0.3 is 19.9 Å². The Morgan fingerprint density at radius 2 is 1.62 bits per heavy atom. The van der Waals surface area contributed by atoms with E-state index in [9.17, 15) is 19.5 Å². The zero-order valence-corrected chi connectivity index (χ0v) is 34.9. The standard InChI is InChI=1S/C45H66ClNO6/c1-27(2)37-31(48)23-45(35(52-10)26-47-25-28-11-13-29(46)14-12-28)22-21-43(8)30(38(37)45)15-16-33-42(7)19-18-34(53-36(49)24-40(3,4)39(50)51)41(5,6)32(42)17-20-44(33,43)9/h11-14,27,30,32-35,47H,15-26H2,1-10H3,(H,50,51)/t30?,32-,33+,34-,35+,42?,43+,44+,45-/m0/s1. The minimum Gasteiger partial charge on any atom is -0.481 e. The number of ether oxygens (including phenoxy) is 2. The van der Waals surface area contributed by atoms with E-state index in [4.69, 9.17) is 21.1 Å². The van der Waals surface area contributed by atoms with Crippen LogP contribution >= 0.6 is 11.6 Å². The average Bonchev–Trinajstić information content (AvgIpc) is 3.38. The summed E-state index contributed by atoms with van der Waals surface area (Å²) in [6.45, 7) is 21.3. The molecule has 0 amide bonds. The molecule has 1 aromatic rings. The molecule has 0 heterocycles. The van der Waals surface area contributed by atoms with Crippen molar-refractivity contribution in [3.63, 3.8) is 0 Å². The lowest BCUT2D eigenvalue weighted by Gasteiger charge is -2.72. The van der Waals surface area contributed by atoms with Crippen molar-refractivity contribution in [3.05, 3.63) is 46.0 Å². The first-order chi connectivity index (χ1) is 24.7. The molecule has 0 bridgehead atoms. The van der Waals surface area contributed by atoms with E-state index in [1.54, 1.807) is 13.8 Å². The second-order valence-corrected chi connectivity index (χ2v) is 20.5. The predicted octanol–water partition coefficient (Wildman–Crippen LogP) is 9.84. The molecule has 6 rings (SSSR count). The van der Waals surface area contributed by atoms with E-state index in [1.165, 1.54) is 11.1 Å². The Labute approximate surface area is 323 Å². The molecule has 0 aliphatic heterocycles. The Balaban J connectivity index is 1.27. The van der Waals surface area contributed by atoms with E-state index >= 15 is 0 Å². The van der Waals surface area contributed by atoms with E-state index < -0.39 is 17.4 Å². The number of hydrogen-bond acceptors (Lipinski definition) is 6. The average molecular weight is 752 g/mol. The molecule has 0 saturated heterocycles. The van der Waals surface area contributed by atoms with Crippen molar-refractivity contribution < 1.29 is 29.0 Å². The number of carboxylic acids is 1. The summed E-state index contributed by atoms with van der Waals surface area (Å²) in [5.74, 6) is 0.332. The number of aliphatic carboxylic acids is 1. The molecule has 5 aliphatic rings. The third kappa shape index (κ3) is 6.45. The number of halogens is 1. The number of rotatable bonds is 11. The van der Waals surface area contributed by atoms with Crippen LogP contribution in [0.4, 0.5) is 0 Å². The number of ketones is 1. The molecule has 2 N–H and O–H groups in total. The van der Waals surface area contributed by atoms with E-state index in [2.05, 4.69) is 65.9 Å². The third-order valence-electron chi connectivity index (χ3n) is 16.3. The molecule has 7 nitrogen and oxygen atoms in total. The number of methoxy groups -OCH3 is 1. The Kier molecular flexibility index (Phi) is 10.7. The van der Waals surface area contributed by atoms with Gasteiger partial charge in [-0.1, -0.05) is 77.8 Å². The molecular formula is C45H66ClNO6. The van der Waals surface area contributed by atoms with E-state index in [1.807, 2.05) is 19.2 Å². The van der Waals surface area contributed by atoms with Gasteiger partial charge in [0, 0.05) is 42.5 Å². The van der Waals surface area contributed by atoms with Gasteiger partial charge in [-0.2, -0.15) is 0 Å². The Hall–Kier alpha value is -2.22. The monoisotopic (exact) mass is 751 g/mol. The van der Waals surface area contributed by atoms with Crippen LogP contribution in [0, 0.1) is 56.2 Å². The maximum atomic E-state index is 14.2. The second-order valence-electron chi connectivity index (χ2n) is 20.0. The number of benzene rings is 1.